The van der Waals surface area contributed by atoms with Crippen molar-refractivity contribution in [2.45, 2.75) is 70.6 Å². The number of Topliss-reactive ketones (excluding diaryl/α,β-unsaturated/α-hetero) is 2. The van der Waals surface area contributed by atoms with Gasteiger partial charge < -0.3 is 40.4 Å². The van der Waals surface area contributed by atoms with Crippen LogP contribution >= 0.6 is 0 Å². The summed E-state index contributed by atoms with van der Waals surface area (Å²) in [6.07, 6.45) is 7.04. The summed E-state index contributed by atoms with van der Waals surface area (Å²) < 4.78 is 5.37. The summed E-state index contributed by atoms with van der Waals surface area (Å²) in [7, 11) is 0. The van der Waals surface area contributed by atoms with Crippen molar-refractivity contribution in [3.05, 3.63) is 45.8 Å². The van der Waals surface area contributed by atoms with Crippen LogP contribution in [0.25, 0.3) is 16.0 Å². The molecule has 1 aromatic rings. The average Bonchev–Trinajstić information content (AvgIpc) is 2.93. The maximum atomic E-state index is 12.4. The topological polar surface area (TPSA) is 166 Å². The van der Waals surface area contributed by atoms with Gasteiger partial charge in [-0.25, -0.2) is 0 Å². The van der Waals surface area contributed by atoms with Crippen molar-refractivity contribution in [3.63, 3.8) is 0 Å². The molecule has 14 heteroatoms. The Kier molecular flexibility index (Phi) is 32.7. The first kappa shape index (κ1) is 46.9. The number of benzene rings is 1. The van der Waals surface area contributed by atoms with Crippen molar-refractivity contribution in [2.75, 3.05) is 32.8 Å². The smallest absolute Gasteiger partial charge is 0.651 e. The van der Waals surface area contributed by atoms with Crippen LogP contribution in [0.15, 0.2) is 24.3 Å². The van der Waals surface area contributed by atoms with Crippen LogP contribution in [0.4, 0.5) is 10.5 Å². The number of hydrogen-bond donors (Lipinski definition) is 1. The number of ether oxygens (including phenoxy) is 1. The fourth-order valence-electron chi connectivity index (χ4n) is 4.17. The van der Waals surface area contributed by atoms with E-state index in [1.807, 2.05) is 0 Å². The summed E-state index contributed by atoms with van der Waals surface area (Å²) in [5.41, 5.74) is 1.12. The van der Waals surface area contributed by atoms with Gasteiger partial charge in [0, 0.05) is 38.9 Å². The van der Waals surface area contributed by atoms with Gasteiger partial charge in [0.05, 0.1) is 17.7 Å². The second-order valence-electron chi connectivity index (χ2n) is 9.63. The Bertz CT molecular complexity index is 997. The number of nitrogens with one attached hydrogen (secondary N) is 1. The number of aldehydes is 1. The SMILES string of the molecule is O=CCCCCCNC(=O)[N-]CCCOCC[N-]C(=O)CC(=O)[N-]c1ccc(CC(=O)C2CCCCC2=O)cc1.[Rb+].[Rb+].[Rb+]. The molecule has 220 valence electrons. The van der Waals surface area contributed by atoms with Gasteiger partial charge in [-0.05, 0) is 37.8 Å². The number of ketones is 2. The third-order valence-electron chi connectivity index (χ3n) is 6.32. The zero-order chi connectivity index (χ0) is 29.0. The van der Waals surface area contributed by atoms with Crippen molar-refractivity contribution in [2.24, 2.45) is 5.92 Å². The molecule has 0 saturated heterocycles. The van der Waals surface area contributed by atoms with E-state index < -0.39 is 24.2 Å². The number of urea groups is 1. The largest absolute Gasteiger partial charge is 1.00 e. The van der Waals surface area contributed by atoms with Crippen LogP contribution in [-0.2, 0) is 35.1 Å². The fourth-order valence-corrected chi connectivity index (χ4v) is 4.17. The first-order valence-corrected chi connectivity index (χ1v) is 13.9. The van der Waals surface area contributed by atoms with Crippen LogP contribution in [0.1, 0.15) is 69.8 Å². The zero-order valence-corrected chi connectivity index (χ0v) is 40.7. The van der Waals surface area contributed by atoms with Gasteiger partial charge in [0.2, 0.25) is 0 Å². The minimum absolute atomic E-state index is 0. The Morgan fingerprint density at radius 2 is 1.63 bits per heavy atom. The van der Waals surface area contributed by atoms with Crippen molar-refractivity contribution in [1.29, 1.82) is 0 Å². The van der Waals surface area contributed by atoms with Crippen LogP contribution in [0.2, 0.25) is 0 Å². The number of carbonyl (C=O) groups is 6. The number of nitrogens with zero attached hydrogens (tertiary/aromatic N) is 3. The Balaban J connectivity index is 0. The molecule has 0 radical (unpaired) electrons. The molecular weight excluding hydrogens is 773 g/mol. The minimum atomic E-state index is -0.618. The number of unbranched alkanes of at least 4 members (excludes halogenated alkanes) is 3. The van der Waals surface area contributed by atoms with Gasteiger partial charge in [0.1, 0.15) is 17.9 Å². The molecule has 0 heterocycles. The Morgan fingerprint density at radius 3 is 2.33 bits per heavy atom. The van der Waals surface area contributed by atoms with Crippen LogP contribution in [0.3, 0.4) is 0 Å². The summed E-state index contributed by atoms with van der Waals surface area (Å²) in [5, 5.41) is 14.3. The predicted molar refractivity (Wildman–Crippen MR) is 150 cm³/mol. The van der Waals surface area contributed by atoms with Gasteiger partial charge in [-0.1, -0.05) is 50.1 Å². The summed E-state index contributed by atoms with van der Waals surface area (Å²) >= 11 is 0. The first-order valence-electron chi connectivity index (χ1n) is 13.9. The van der Waals surface area contributed by atoms with Gasteiger partial charge in [-0.2, -0.15) is 0 Å². The summed E-state index contributed by atoms with van der Waals surface area (Å²) in [6, 6.07) is 6.23. The molecule has 4 amide bonds. The Labute approximate surface area is 401 Å². The third kappa shape index (κ3) is 22.9. The number of hydrogen-bond acceptors (Lipinski definition) is 7. The minimum Gasteiger partial charge on any atom is -0.651 e. The second-order valence-corrected chi connectivity index (χ2v) is 9.63. The van der Waals surface area contributed by atoms with E-state index in [1.54, 1.807) is 24.3 Å². The molecular formula is C29H39N4O7Rb3. The molecule has 0 spiro atoms. The van der Waals surface area contributed by atoms with E-state index in [0.717, 1.165) is 44.0 Å². The molecule has 0 aromatic heterocycles. The molecule has 1 atom stereocenters. The Hall–Kier alpha value is 1.82. The van der Waals surface area contributed by atoms with E-state index >= 15 is 0 Å². The van der Waals surface area contributed by atoms with Gasteiger partial charge in [-0.3, -0.25) is 14.4 Å². The normalized spacial score (nSPS) is 13.7. The quantitative estimate of drug-likeness (QED) is 0.0839. The molecule has 0 aliphatic heterocycles. The van der Waals surface area contributed by atoms with E-state index in [-0.39, 0.29) is 212 Å². The monoisotopic (exact) mass is 810 g/mol. The molecule has 0 bridgehead atoms. The molecule has 1 aliphatic carbocycles. The van der Waals surface area contributed by atoms with E-state index in [4.69, 9.17) is 4.74 Å². The second kappa shape index (κ2) is 29.9. The first-order chi connectivity index (χ1) is 19.4. The number of rotatable bonds is 19. The van der Waals surface area contributed by atoms with Gasteiger partial charge >= 0.3 is 175 Å². The molecule has 1 saturated carbocycles. The van der Waals surface area contributed by atoms with Crippen LogP contribution < -0.4 is 180 Å². The summed E-state index contributed by atoms with van der Waals surface area (Å²) in [4.78, 5) is 70.2. The van der Waals surface area contributed by atoms with Gasteiger partial charge in [0.15, 0.2) is 6.03 Å². The van der Waals surface area contributed by atoms with E-state index in [2.05, 4.69) is 21.3 Å². The maximum Gasteiger partial charge on any atom is 1.00 e. The van der Waals surface area contributed by atoms with E-state index in [1.165, 1.54) is 0 Å². The number of amides is 4. The molecule has 1 N–H and O–H groups in total. The van der Waals surface area contributed by atoms with Crippen LogP contribution in [0, 0.1) is 5.92 Å². The molecule has 1 aromatic carbocycles. The van der Waals surface area contributed by atoms with Crippen molar-refractivity contribution in [3.8, 4) is 0 Å². The Morgan fingerprint density at radius 1 is 0.884 bits per heavy atom. The molecule has 11 nitrogen and oxygen atoms in total. The van der Waals surface area contributed by atoms with E-state index in [0.29, 0.717) is 51.1 Å². The molecule has 1 fully saturated rings. The van der Waals surface area contributed by atoms with Crippen molar-refractivity contribution in [1.82, 2.24) is 5.32 Å². The van der Waals surface area contributed by atoms with E-state index in [9.17, 15) is 28.8 Å². The average molecular weight is 812 g/mol. The summed E-state index contributed by atoms with van der Waals surface area (Å²) in [5.74, 6) is -1.76. The van der Waals surface area contributed by atoms with Crippen LogP contribution in [-0.4, -0.2) is 68.5 Å². The van der Waals surface area contributed by atoms with Crippen molar-refractivity contribution >= 4 is 41.4 Å². The zero-order valence-electron chi connectivity index (χ0n) is 26.0. The predicted octanol–water partition coefficient (Wildman–Crippen LogP) is -4.36. The molecule has 1 aliphatic rings. The standard InChI is InChI=1S/C29H42N4O7.3Rb/c34-17-6-2-1-5-14-31-29(39)32-15-7-18-40-19-16-30-27(37)21-28(38)33-23-12-10-22(11-13-23)20-26(36)24-8-3-4-9-25(24)35;;;/h10-13,17,24H,1-9,14-16,18-21H2,(H4,30,31,32,33,37,38,39);;;/q;3*+1/p-3. The molecule has 1 unspecified atom stereocenters. The summed E-state index contributed by atoms with van der Waals surface area (Å²) in [6.45, 7) is 1.53. The number of carbonyl (C=O) groups excluding carboxylic acids is 6. The van der Waals surface area contributed by atoms with Crippen LogP contribution in [0.5, 0.6) is 0 Å². The molecule has 2 rings (SSSR count). The maximum absolute atomic E-state index is 12.4. The molecule has 43 heavy (non-hydrogen) atoms. The van der Waals surface area contributed by atoms with Crippen molar-refractivity contribution < 1.29 is 208 Å². The third-order valence-corrected chi connectivity index (χ3v) is 6.32. The van der Waals surface area contributed by atoms with Gasteiger partial charge in [0.25, 0.3) is 0 Å². The fraction of sp³-hybridized carbons (Fsp3) is 0.586. The van der Waals surface area contributed by atoms with Gasteiger partial charge in [-0.15, -0.1) is 12.2 Å².